The van der Waals surface area contributed by atoms with Crippen molar-refractivity contribution < 1.29 is 17.2 Å². The molecule has 1 aromatic rings. The number of nitrogens with two attached hydrogens (primary N) is 1. The molecule has 0 aliphatic heterocycles. The molecule has 0 aliphatic carbocycles. The second-order valence-corrected chi connectivity index (χ2v) is 3.99. The molecule has 0 saturated heterocycles. The monoisotopic (exact) mass is 224 g/mol. The highest BCUT2D eigenvalue weighted by molar-refractivity contribution is 7.89. The molecule has 1 heterocycles. The van der Waals surface area contributed by atoms with E-state index in [9.17, 15) is 22.0 Å². The maximum absolute atomic E-state index is 12.1. The summed E-state index contributed by atoms with van der Waals surface area (Å²) in [5.41, 5.74) is -1.86. The zero-order chi connectivity index (χ0) is 10.9. The van der Waals surface area contributed by atoms with Gasteiger partial charge in [0.05, 0.1) is 5.56 Å². The molecule has 78 valence electrons. The molecular weight excluding hydrogens is 218 g/mol. The minimum atomic E-state index is -4.07. The van der Waals surface area contributed by atoms with Gasteiger partial charge in [0.25, 0.3) is 16.4 Å². The molecule has 0 spiro atoms. The number of H-pyrrole nitrogens is 1. The first-order valence-corrected chi connectivity index (χ1v) is 4.90. The molecule has 3 N–H and O–H groups in total. The number of nitrogens with one attached hydrogen (secondary N) is 1. The zero-order valence-corrected chi connectivity index (χ0v) is 7.51. The van der Waals surface area contributed by atoms with Crippen LogP contribution < -0.4 is 10.6 Å². The number of rotatable bonds is 2. The van der Waals surface area contributed by atoms with Crippen LogP contribution in [-0.4, -0.2) is 13.4 Å². The van der Waals surface area contributed by atoms with Gasteiger partial charge < -0.3 is 4.98 Å². The quantitative estimate of drug-likeness (QED) is 0.738. The average molecular weight is 224 g/mol. The van der Waals surface area contributed by atoms with Crippen molar-refractivity contribution in [3.63, 3.8) is 0 Å². The molecule has 0 aliphatic rings. The summed E-state index contributed by atoms with van der Waals surface area (Å²) in [5, 5.41) is 4.08. The van der Waals surface area contributed by atoms with Gasteiger partial charge in [-0.05, 0) is 0 Å². The van der Waals surface area contributed by atoms with Gasteiger partial charge in [-0.2, -0.15) is 0 Å². The minimum absolute atomic E-state index is 0.525. The standard InChI is InChI=1S/C6H6F2N2O3S/c7-6(8)3-2-10-5(1-4(3)11)14(9,12)13/h1-2,6H,(H,10,11)(H2,9,12,13). The van der Waals surface area contributed by atoms with E-state index in [1.807, 2.05) is 4.98 Å². The second-order valence-electron chi connectivity index (χ2n) is 2.46. The lowest BCUT2D eigenvalue weighted by atomic mass is 10.3. The van der Waals surface area contributed by atoms with Gasteiger partial charge >= 0.3 is 0 Å². The van der Waals surface area contributed by atoms with Crippen molar-refractivity contribution >= 4 is 10.0 Å². The van der Waals surface area contributed by atoms with Gasteiger partial charge in [0.15, 0.2) is 10.5 Å². The van der Waals surface area contributed by atoms with Crippen molar-refractivity contribution in [3.8, 4) is 0 Å². The number of halogens is 2. The Bertz CT molecular complexity index is 494. The highest BCUT2D eigenvalue weighted by Crippen LogP contribution is 2.13. The van der Waals surface area contributed by atoms with Crippen LogP contribution in [0.3, 0.4) is 0 Å². The summed E-state index contributed by atoms with van der Waals surface area (Å²) in [6.45, 7) is 0. The topological polar surface area (TPSA) is 93.0 Å². The summed E-state index contributed by atoms with van der Waals surface area (Å²) in [6, 6.07) is 0.525. The van der Waals surface area contributed by atoms with Crippen molar-refractivity contribution in [2.75, 3.05) is 0 Å². The summed E-state index contributed by atoms with van der Waals surface area (Å²) < 4.78 is 45.5. The normalized spacial score (nSPS) is 12.0. The van der Waals surface area contributed by atoms with Crippen LogP contribution >= 0.6 is 0 Å². The predicted octanol–water partition coefficient (Wildman–Crippen LogP) is -0.0401. The molecular formula is C6H6F2N2O3S. The Morgan fingerprint density at radius 1 is 1.43 bits per heavy atom. The maximum Gasteiger partial charge on any atom is 0.269 e. The Morgan fingerprint density at radius 2 is 2.00 bits per heavy atom. The van der Waals surface area contributed by atoms with Crippen LogP contribution in [0.25, 0.3) is 0 Å². The lowest BCUT2D eigenvalue weighted by molar-refractivity contribution is 0.149. The van der Waals surface area contributed by atoms with Gasteiger partial charge in [-0.15, -0.1) is 0 Å². The average Bonchev–Trinajstić information content (AvgIpc) is 2.01. The third-order valence-corrected chi connectivity index (χ3v) is 2.31. The van der Waals surface area contributed by atoms with Crippen LogP contribution in [0.15, 0.2) is 22.1 Å². The molecule has 0 atom stereocenters. The number of pyridine rings is 1. The van der Waals surface area contributed by atoms with E-state index >= 15 is 0 Å². The summed E-state index contributed by atoms with van der Waals surface area (Å²) in [7, 11) is -4.07. The number of alkyl halides is 2. The number of aromatic nitrogens is 1. The van der Waals surface area contributed by atoms with E-state index in [1.54, 1.807) is 0 Å². The van der Waals surface area contributed by atoms with Crippen molar-refractivity contribution in [2.45, 2.75) is 11.5 Å². The Labute approximate surface area is 77.6 Å². The van der Waals surface area contributed by atoms with E-state index in [4.69, 9.17) is 0 Å². The molecule has 0 radical (unpaired) electrons. The van der Waals surface area contributed by atoms with Crippen molar-refractivity contribution in [1.29, 1.82) is 0 Å². The highest BCUT2D eigenvalue weighted by Gasteiger charge is 2.15. The first kappa shape index (κ1) is 10.8. The second kappa shape index (κ2) is 3.46. The van der Waals surface area contributed by atoms with Gasteiger partial charge in [0.2, 0.25) is 0 Å². The number of sulfonamides is 1. The van der Waals surface area contributed by atoms with E-state index in [0.29, 0.717) is 12.3 Å². The first-order chi connectivity index (χ1) is 6.32. The highest BCUT2D eigenvalue weighted by atomic mass is 32.2. The Hall–Kier alpha value is -1.28. The smallest absolute Gasteiger partial charge is 0.269 e. The van der Waals surface area contributed by atoms with Crippen molar-refractivity contribution in [3.05, 3.63) is 28.0 Å². The minimum Gasteiger partial charge on any atom is -0.351 e. The fraction of sp³-hybridized carbons (Fsp3) is 0.167. The van der Waals surface area contributed by atoms with Crippen LogP contribution in [0.4, 0.5) is 8.78 Å². The molecule has 1 rings (SSSR count). The van der Waals surface area contributed by atoms with E-state index < -0.39 is 32.5 Å². The molecule has 1 aromatic heterocycles. The van der Waals surface area contributed by atoms with Crippen LogP contribution in [0, 0.1) is 0 Å². The SMILES string of the molecule is NS(=O)(=O)c1cc(=O)c(C(F)F)c[nH]1. The molecule has 8 heteroatoms. The molecule has 0 fully saturated rings. The van der Waals surface area contributed by atoms with E-state index in [0.717, 1.165) is 0 Å². The summed E-state index contributed by atoms with van der Waals surface area (Å²) in [5.74, 6) is 0. The zero-order valence-electron chi connectivity index (χ0n) is 6.70. The summed E-state index contributed by atoms with van der Waals surface area (Å²) >= 11 is 0. The number of aromatic amines is 1. The van der Waals surface area contributed by atoms with E-state index in [-0.39, 0.29) is 0 Å². The third kappa shape index (κ3) is 2.15. The summed E-state index contributed by atoms with van der Waals surface area (Å²) in [4.78, 5) is 12.9. The van der Waals surface area contributed by atoms with Crippen LogP contribution in [0.2, 0.25) is 0 Å². The fourth-order valence-electron chi connectivity index (χ4n) is 0.799. The van der Waals surface area contributed by atoms with E-state index in [2.05, 4.69) is 5.14 Å². The number of primary sulfonamides is 1. The fourth-order valence-corrected chi connectivity index (χ4v) is 1.29. The first-order valence-electron chi connectivity index (χ1n) is 3.36. The van der Waals surface area contributed by atoms with Crippen LogP contribution in [-0.2, 0) is 10.0 Å². The lowest BCUT2D eigenvalue weighted by Gasteiger charge is -2.00. The van der Waals surface area contributed by atoms with Crippen LogP contribution in [0.5, 0.6) is 0 Å². The molecule has 0 unspecified atom stereocenters. The Kier molecular flexibility index (Phi) is 2.67. The Morgan fingerprint density at radius 3 is 2.36 bits per heavy atom. The van der Waals surface area contributed by atoms with Crippen molar-refractivity contribution in [1.82, 2.24) is 4.98 Å². The number of hydrogen-bond acceptors (Lipinski definition) is 3. The molecule has 14 heavy (non-hydrogen) atoms. The predicted molar refractivity (Wildman–Crippen MR) is 43.4 cm³/mol. The maximum atomic E-state index is 12.1. The molecule has 0 amide bonds. The number of hydrogen-bond donors (Lipinski definition) is 2. The van der Waals surface area contributed by atoms with Crippen molar-refractivity contribution in [2.24, 2.45) is 5.14 Å². The van der Waals surface area contributed by atoms with Gasteiger partial charge in [0, 0.05) is 12.3 Å². The lowest BCUT2D eigenvalue weighted by Crippen LogP contribution is -2.18. The van der Waals surface area contributed by atoms with Gasteiger partial charge in [-0.3, -0.25) is 4.79 Å². The van der Waals surface area contributed by atoms with Gasteiger partial charge in [-0.1, -0.05) is 0 Å². The summed E-state index contributed by atoms with van der Waals surface area (Å²) in [6.07, 6.45) is -2.32. The van der Waals surface area contributed by atoms with E-state index in [1.165, 1.54) is 0 Å². The molecule has 0 bridgehead atoms. The molecule has 0 aromatic carbocycles. The third-order valence-electron chi connectivity index (χ3n) is 1.46. The molecule has 5 nitrogen and oxygen atoms in total. The van der Waals surface area contributed by atoms with Gasteiger partial charge in [-0.25, -0.2) is 22.3 Å². The molecule has 0 saturated carbocycles. The Balaban J connectivity index is 3.35. The largest absolute Gasteiger partial charge is 0.351 e. The van der Waals surface area contributed by atoms with Crippen LogP contribution in [0.1, 0.15) is 12.0 Å². The van der Waals surface area contributed by atoms with Gasteiger partial charge in [0.1, 0.15) is 0 Å².